The zero-order valence-corrected chi connectivity index (χ0v) is 17.0. The van der Waals surface area contributed by atoms with E-state index in [-0.39, 0.29) is 5.91 Å². The Labute approximate surface area is 174 Å². The predicted molar refractivity (Wildman–Crippen MR) is 116 cm³/mol. The van der Waals surface area contributed by atoms with Crippen LogP contribution in [0.5, 0.6) is 5.75 Å². The van der Waals surface area contributed by atoms with Gasteiger partial charge in [0.25, 0.3) is 5.91 Å². The third-order valence-corrected chi connectivity index (χ3v) is 5.17. The summed E-state index contributed by atoms with van der Waals surface area (Å²) in [6, 6.07) is 23.0. The van der Waals surface area contributed by atoms with Crippen LogP contribution in [0, 0.1) is 0 Å². The number of methoxy groups -OCH3 is 1. The van der Waals surface area contributed by atoms with Crippen molar-refractivity contribution < 1.29 is 9.53 Å². The normalized spacial score (nSPS) is 10.4. The van der Waals surface area contributed by atoms with Crippen molar-refractivity contribution in [2.75, 3.05) is 18.4 Å². The van der Waals surface area contributed by atoms with E-state index in [1.807, 2.05) is 60.7 Å². The van der Waals surface area contributed by atoms with Gasteiger partial charge in [0.05, 0.1) is 18.4 Å². The van der Waals surface area contributed by atoms with Gasteiger partial charge in [0, 0.05) is 16.5 Å². The highest BCUT2D eigenvalue weighted by Crippen LogP contribution is 2.27. The first-order chi connectivity index (χ1) is 13.7. The van der Waals surface area contributed by atoms with Crippen LogP contribution in [0.1, 0.15) is 15.9 Å². The molecule has 0 aliphatic rings. The van der Waals surface area contributed by atoms with Gasteiger partial charge in [-0.1, -0.05) is 41.9 Å². The average Bonchev–Trinajstić information content (AvgIpc) is 2.74. The van der Waals surface area contributed by atoms with Gasteiger partial charge >= 0.3 is 0 Å². The summed E-state index contributed by atoms with van der Waals surface area (Å²) in [7, 11) is 1.64. The van der Waals surface area contributed by atoms with Crippen LogP contribution in [0.4, 0.5) is 5.69 Å². The quantitative estimate of drug-likeness (QED) is 0.483. The Kier molecular flexibility index (Phi) is 7.23. The van der Waals surface area contributed by atoms with Crippen LogP contribution in [-0.2, 0) is 6.42 Å². The molecule has 0 bridgehead atoms. The summed E-state index contributed by atoms with van der Waals surface area (Å²) in [4.78, 5) is 13.7. The van der Waals surface area contributed by atoms with Gasteiger partial charge in [0.1, 0.15) is 5.75 Å². The van der Waals surface area contributed by atoms with Crippen LogP contribution >= 0.6 is 23.5 Å². The van der Waals surface area contributed by atoms with Crippen LogP contribution in [0.2, 0.25) is 5.02 Å². The van der Waals surface area contributed by atoms with Crippen LogP contribution < -0.4 is 14.8 Å². The Balaban J connectivity index is 1.62. The van der Waals surface area contributed by atoms with Gasteiger partial charge in [-0.2, -0.15) is 0 Å². The lowest BCUT2D eigenvalue weighted by Gasteiger charge is -2.12. The highest BCUT2D eigenvalue weighted by Gasteiger charge is 2.12. The molecule has 0 saturated heterocycles. The molecular formula is C22H21ClN2O2S. The van der Waals surface area contributed by atoms with Gasteiger partial charge in [-0.3, -0.25) is 4.79 Å². The lowest BCUT2D eigenvalue weighted by atomic mass is 10.1. The number of carbonyl (C=O) groups is 1. The second kappa shape index (κ2) is 10.1. The zero-order chi connectivity index (χ0) is 19.8. The standard InChI is InChI=1S/C22H21ClN2O2S/c1-27-18-8-10-19(11-9-18)28-25-21-12-7-17(23)15-20(21)22(26)24-14-13-16-5-3-2-4-6-16/h2-12,15,25H,13-14H2,1H3,(H,24,26). The smallest absolute Gasteiger partial charge is 0.253 e. The minimum absolute atomic E-state index is 0.156. The van der Waals surface area contributed by atoms with E-state index in [9.17, 15) is 4.79 Å². The Morgan fingerprint density at radius 3 is 2.50 bits per heavy atom. The number of nitrogens with one attached hydrogen (secondary N) is 2. The number of benzene rings is 3. The van der Waals surface area contributed by atoms with Gasteiger partial charge in [-0.15, -0.1) is 0 Å². The Morgan fingerprint density at radius 2 is 1.79 bits per heavy atom. The van der Waals surface area contributed by atoms with Gasteiger partial charge < -0.3 is 14.8 Å². The van der Waals surface area contributed by atoms with Gasteiger partial charge in [-0.05, 0) is 66.4 Å². The Hall–Kier alpha value is -2.63. The molecule has 3 rings (SSSR count). The summed E-state index contributed by atoms with van der Waals surface area (Å²) in [6.07, 6.45) is 0.774. The number of anilines is 1. The minimum Gasteiger partial charge on any atom is -0.497 e. The highest BCUT2D eigenvalue weighted by atomic mass is 35.5. The maximum absolute atomic E-state index is 12.7. The summed E-state index contributed by atoms with van der Waals surface area (Å²) in [5.74, 6) is 0.644. The van der Waals surface area contributed by atoms with Gasteiger partial charge in [0.2, 0.25) is 0 Å². The monoisotopic (exact) mass is 412 g/mol. The number of hydrogen-bond acceptors (Lipinski definition) is 4. The van der Waals surface area contributed by atoms with Crippen molar-refractivity contribution in [1.82, 2.24) is 5.32 Å². The van der Waals surface area contributed by atoms with E-state index >= 15 is 0 Å². The second-order valence-corrected chi connectivity index (χ2v) is 7.38. The van der Waals surface area contributed by atoms with E-state index < -0.39 is 0 Å². The topological polar surface area (TPSA) is 50.4 Å². The molecule has 0 fully saturated rings. The molecule has 0 aromatic heterocycles. The van der Waals surface area contributed by atoms with Gasteiger partial charge in [0.15, 0.2) is 0 Å². The first-order valence-corrected chi connectivity index (χ1v) is 10.0. The molecule has 0 atom stereocenters. The fourth-order valence-corrected chi connectivity index (χ4v) is 3.46. The number of ether oxygens (including phenoxy) is 1. The first-order valence-electron chi connectivity index (χ1n) is 8.84. The summed E-state index contributed by atoms with van der Waals surface area (Å²) in [5, 5.41) is 3.49. The number of rotatable bonds is 8. The largest absolute Gasteiger partial charge is 0.497 e. The van der Waals surface area contributed by atoms with Crippen LogP contribution in [0.15, 0.2) is 77.7 Å². The number of halogens is 1. The minimum atomic E-state index is -0.156. The van der Waals surface area contributed by atoms with E-state index in [0.29, 0.717) is 22.8 Å². The Morgan fingerprint density at radius 1 is 1.04 bits per heavy atom. The number of hydrogen-bond donors (Lipinski definition) is 2. The fourth-order valence-electron chi connectivity index (χ4n) is 2.61. The molecule has 144 valence electrons. The molecule has 0 aliphatic heterocycles. The SMILES string of the molecule is COc1ccc(SNc2ccc(Cl)cc2C(=O)NCCc2ccccc2)cc1. The second-order valence-electron chi connectivity index (χ2n) is 6.06. The maximum atomic E-state index is 12.7. The molecule has 4 nitrogen and oxygen atoms in total. The molecule has 0 heterocycles. The summed E-state index contributed by atoms with van der Waals surface area (Å²) < 4.78 is 8.41. The molecule has 0 unspecified atom stereocenters. The molecule has 28 heavy (non-hydrogen) atoms. The third-order valence-electron chi connectivity index (χ3n) is 4.11. The van der Waals surface area contributed by atoms with Crippen molar-refractivity contribution in [3.05, 3.63) is 88.9 Å². The summed E-state index contributed by atoms with van der Waals surface area (Å²) in [5.41, 5.74) is 2.41. The van der Waals surface area contributed by atoms with Crippen LogP contribution in [0.25, 0.3) is 0 Å². The van der Waals surface area contributed by atoms with Crippen LogP contribution in [0.3, 0.4) is 0 Å². The van der Waals surface area contributed by atoms with E-state index in [0.717, 1.165) is 17.1 Å². The van der Waals surface area contributed by atoms with Crippen molar-refractivity contribution in [2.24, 2.45) is 0 Å². The Bertz CT molecular complexity index is 918. The molecule has 3 aromatic carbocycles. The molecule has 2 N–H and O–H groups in total. The third kappa shape index (κ3) is 5.68. The van der Waals surface area contributed by atoms with E-state index in [1.54, 1.807) is 19.2 Å². The van der Waals surface area contributed by atoms with E-state index in [4.69, 9.17) is 16.3 Å². The molecular weight excluding hydrogens is 392 g/mol. The summed E-state index contributed by atoms with van der Waals surface area (Å²) >= 11 is 7.54. The fraction of sp³-hybridized carbons (Fsp3) is 0.136. The van der Waals surface area contributed by atoms with Crippen molar-refractivity contribution >= 4 is 35.1 Å². The molecule has 0 aliphatic carbocycles. The highest BCUT2D eigenvalue weighted by molar-refractivity contribution is 8.00. The predicted octanol–water partition coefficient (Wildman–Crippen LogP) is 5.44. The molecule has 3 aromatic rings. The van der Waals surface area contributed by atoms with Gasteiger partial charge in [-0.25, -0.2) is 0 Å². The molecule has 6 heteroatoms. The number of amides is 1. The van der Waals surface area contributed by atoms with Crippen molar-refractivity contribution in [2.45, 2.75) is 11.3 Å². The van der Waals surface area contributed by atoms with Crippen molar-refractivity contribution in [1.29, 1.82) is 0 Å². The molecule has 0 spiro atoms. The zero-order valence-electron chi connectivity index (χ0n) is 15.4. The average molecular weight is 413 g/mol. The lowest BCUT2D eigenvalue weighted by molar-refractivity contribution is 0.0955. The van der Waals surface area contributed by atoms with Crippen LogP contribution in [-0.4, -0.2) is 19.6 Å². The van der Waals surface area contributed by atoms with Crippen molar-refractivity contribution in [3.63, 3.8) is 0 Å². The molecule has 0 saturated carbocycles. The number of carbonyl (C=O) groups excluding carboxylic acids is 1. The molecule has 1 amide bonds. The molecule has 0 radical (unpaired) electrons. The lowest BCUT2D eigenvalue weighted by Crippen LogP contribution is -2.26. The van der Waals surface area contributed by atoms with Crippen molar-refractivity contribution in [3.8, 4) is 5.75 Å². The van der Waals surface area contributed by atoms with E-state index in [1.165, 1.54) is 17.5 Å². The maximum Gasteiger partial charge on any atom is 0.253 e. The summed E-state index contributed by atoms with van der Waals surface area (Å²) in [6.45, 7) is 0.556. The first kappa shape index (κ1) is 20.1. The van der Waals surface area contributed by atoms with E-state index in [2.05, 4.69) is 10.0 Å².